The monoisotopic (exact) mass is 262 g/mol. The molecule has 0 aromatic heterocycles. The molecule has 2 N–H and O–H groups in total. The Hall–Kier alpha value is -2.23. The summed E-state index contributed by atoms with van der Waals surface area (Å²) in [4.78, 5) is 10.9. The Bertz CT molecular complexity index is 527. The zero-order valence-electron chi connectivity index (χ0n) is 11.3. The number of hydrogen-bond acceptors (Lipinski definition) is 3. The smallest absolute Gasteiger partial charge is 0.335 e. The van der Waals surface area contributed by atoms with Crippen molar-refractivity contribution in [3.63, 3.8) is 0 Å². The third-order valence-corrected chi connectivity index (χ3v) is 2.63. The zero-order valence-corrected chi connectivity index (χ0v) is 11.3. The van der Waals surface area contributed by atoms with Gasteiger partial charge in [0.1, 0.15) is 11.5 Å². The maximum Gasteiger partial charge on any atom is 0.335 e. The van der Waals surface area contributed by atoms with Crippen molar-refractivity contribution < 1.29 is 19.7 Å². The second kappa shape index (κ2) is 6.09. The molecule has 1 aromatic rings. The lowest BCUT2D eigenvalue weighted by Crippen LogP contribution is -2.00. The Labute approximate surface area is 112 Å². The van der Waals surface area contributed by atoms with Crippen molar-refractivity contribution >= 4 is 17.6 Å². The van der Waals surface area contributed by atoms with Crippen LogP contribution < -0.4 is 4.74 Å². The number of aromatic hydroxyl groups is 1. The lowest BCUT2D eigenvalue weighted by Gasteiger charge is -2.12. The van der Waals surface area contributed by atoms with E-state index in [1.807, 2.05) is 19.9 Å². The van der Waals surface area contributed by atoms with E-state index in [0.29, 0.717) is 17.2 Å². The molecule has 1 rings (SSSR count). The fourth-order valence-electron chi connectivity index (χ4n) is 1.58. The van der Waals surface area contributed by atoms with E-state index in [0.717, 1.165) is 0 Å². The molecular formula is C15H18O4. The van der Waals surface area contributed by atoms with Gasteiger partial charge in [-0.1, -0.05) is 32.6 Å². The Morgan fingerprint density at radius 1 is 1.42 bits per heavy atom. The van der Waals surface area contributed by atoms with Crippen LogP contribution in [0.5, 0.6) is 11.5 Å². The van der Waals surface area contributed by atoms with Crippen molar-refractivity contribution in [2.45, 2.75) is 13.8 Å². The van der Waals surface area contributed by atoms with Gasteiger partial charge in [-0.2, -0.15) is 0 Å². The Balaban J connectivity index is 3.37. The highest BCUT2D eigenvalue weighted by Crippen LogP contribution is 2.35. The SMILES string of the molecule is C=C(C(=O)O)c1ccc(OC)c(/C=C/C(C)C)c1O. The number of ether oxygens (including phenoxy) is 1. The third-order valence-electron chi connectivity index (χ3n) is 2.63. The van der Waals surface area contributed by atoms with Crippen LogP contribution in [0.4, 0.5) is 0 Å². The number of phenols is 1. The molecule has 0 saturated carbocycles. The summed E-state index contributed by atoms with van der Waals surface area (Å²) in [7, 11) is 1.49. The lowest BCUT2D eigenvalue weighted by molar-refractivity contribution is -0.130. The second-order valence-electron chi connectivity index (χ2n) is 4.46. The quantitative estimate of drug-likeness (QED) is 0.800. The molecule has 0 bridgehead atoms. The Kier molecular flexibility index (Phi) is 4.75. The van der Waals surface area contributed by atoms with Crippen molar-refractivity contribution in [1.82, 2.24) is 0 Å². The van der Waals surface area contributed by atoms with Gasteiger partial charge in [-0.05, 0) is 18.1 Å². The minimum absolute atomic E-state index is 0.136. The molecule has 4 heteroatoms. The molecule has 0 amide bonds. The van der Waals surface area contributed by atoms with E-state index in [9.17, 15) is 9.90 Å². The van der Waals surface area contributed by atoms with E-state index in [-0.39, 0.29) is 16.9 Å². The van der Waals surface area contributed by atoms with Crippen LogP contribution >= 0.6 is 0 Å². The summed E-state index contributed by atoms with van der Waals surface area (Å²) in [5.41, 5.74) is 0.493. The summed E-state index contributed by atoms with van der Waals surface area (Å²) in [6.07, 6.45) is 3.61. The second-order valence-corrected chi connectivity index (χ2v) is 4.46. The molecule has 0 aliphatic carbocycles. The maximum absolute atomic E-state index is 10.9. The molecule has 0 unspecified atom stereocenters. The van der Waals surface area contributed by atoms with Crippen LogP contribution in [0.3, 0.4) is 0 Å². The van der Waals surface area contributed by atoms with Crippen LogP contribution in [0, 0.1) is 5.92 Å². The first kappa shape index (κ1) is 14.8. The molecule has 1 aromatic carbocycles. The van der Waals surface area contributed by atoms with Gasteiger partial charge in [0.2, 0.25) is 0 Å². The maximum atomic E-state index is 10.9. The number of rotatable bonds is 5. The van der Waals surface area contributed by atoms with Gasteiger partial charge in [0.25, 0.3) is 0 Å². The predicted molar refractivity (Wildman–Crippen MR) is 75.2 cm³/mol. The van der Waals surface area contributed by atoms with Crippen LogP contribution in [0.1, 0.15) is 25.0 Å². The minimum Gasteiger partial charge on any atom is -0.507 e. The van der Waals surface area contributed by atoms with Gasteiger partial charge in [-0.3, -0.25) is 0 Å². The van der Waals surface area contributed by atoms with Crippen LogP contribution in [-0.4, -0.2) is 23.3 Å². The van der Waals surface area contributed by atoms with Crippen molar-refractivity contribution in [3.8, 4) is 11.5 Å². The van der Waals surface area contributed by atoms with Gasteiger partial charge in [0.05, 0.1) is 18.2 Å². The first-order valence-corrected chi connectivity index (χ1v) is 5.89. The van der Waals surface area contributed by atoms with E-state index in [1.54, 1.807) is 12.1 Å². The highest BCUT2D eigenvalue weighted by Gasteiger charge is 2.17. The fourth-order valence-corrected chi connectivity index (χ4v) is 1.58. The Morgan fingerprint density at radius 2 is 2.05 bits per heavy atom. The number of phenolic OH excluding ortho intramolecular Hbond substituents is 1. The molecule has 4 nitrogen and oxygen atoms in total. The van der Waals surface area contributed by atoms with E-state index < -0.39 is 5.97 Å². The number of carboxylic acid groups (broad SMARTS) is 1. The van der Waals surface area contributed by atoms with Crippen LogP contribution in [0.2, 0.25) is 0 Å². The number of hydrogen-bond donors (Lipinski definition) is 2. The number of carboxylic acids is 1. The van der Waals surface area contributed by atoms with Gasteiger partial charge in [-0.15, -0.1) is 0 Å². The third kappa shape index (κ3) is 3.37. The number of benzene rings is 1. The minimum atomic E-state index is -1.17. The van der Waals surface area contributed by atoms with Crippen molar-refractivity contribution in [2.75, 3.05) is 7.11 Å². The molecule has 0 fully saturated rings. The van der Waals surface area contributed by atoms with Crippen LogP contribution in [0.15, 0.2) is 24.8 Å². The van der Waals surface area contributed by atoms with E-state index in [2.05, 4.69) is 6.58 Å². The number of carbonyl (C=O) groups is 1. The van der Waals surface area contributed by atoms with Crippen LogP contribution in [0.25, 0.3) is 11.6 Å². The van der Waals surface area contributed by atoms with Gasteiger partial charge in [-0.25, -0.2) is 4.79 Å². The highest BCUT2D eigenvalue weighted by molar-refractivity contribution is 6.15. The summed E-state index contributed by atoms with van der Waals surface area (Å²) in [6.45, 7) is 7.45. The molecule has 102 valence electrons. The van der Waals surface area contributed by atoms with Gasteiger partial charge in [0, 0.05) is 5.56 Å². The van der Waals surface area contributed by atoms with E-state index in [1.165, 1.54) is 13.2 Å². The predicted octanol–water partition coefficient (Wildman–Crippen LogP) is 3.17. The molecule has 0 radical (unpaired) electrons. The zero-order chi connectivity index (χ0) is 14.6. The van der Waals surface area contributed by atoms with E-state index >= 15 is 0 Å². The summed E-state index contributed by atoms with van der Waals surface area (Å²) >= 11 is 0. The largest absolute Gasteiger partial charge is 0.507 e. The Morgan fingerprint density at radius 3 is 2.53 bits per heavy atom. The first-order chi connectivity index (χ1) is 8.88. The van der Waals surface area contributed by atoms with Gasteiger partial charge < -0.3 is 14.9 Å². The molecule has 0 spiro atoms. The van der Waals surface area contributed by atoms with Crippen molar-refractivity contribution in [2.24, 2.45) is 5.92 Å². The summed E-state index contributed by atoms with van der Waals surface area (Å²) < 4.78 is 5.17. The van der Waals surface area contributed by atoms with Crippen LogP contribution in [-0.2, 0) is 4.79 Å². The standard InChI is InChI=1S/C15H18O4/c1-9(2)5-6-12-13(19-4)8-7-11(14(12)16)10(3)15(17)18/h5-9,16H,3H2,1-2,4H3,(H,17,18)/b6-5+. The molecule has 0 aliphatic heterocycles. The summed E-state index contributed by atoms with van der Waals surface area (Å²) in [6, 6.07) is 3.10. The molecule has 0 atom stereocenters. The number of methoxy groups -OCH3 is 1. The highest BCUT2D eigenvalue weighted by atomic mass is 16.5. The average molecular weight is 262 g/mol. The fraction of sp³-hybridized carbons (Fsp3) is 0.267. The molecule has 0 aliphatic rings. The van der Waals surface area contributed by atoms with Gasteiger partial charge >= 0.3 is 5.97 Å². The normalized spacial score (nSPS) is 10.9. The van der Waals surface area contributed by atoms with E-state index in [4.69, 9.17) is 9.84 Å². The molecule has 0 heterocycles. The van der Waals surface area contributed by atoms with Crippen molar-refractivity contribution in [1.29, 1.82) is 0 Å². The molecule has 0 saturated heterocycles. The number of aliphatic carboxylic acids is 1. The number of allylic oxidation sites excluding steroid dienone is 1. The van der Waals surface area contributed by atoms with Crippen molar-refractivity contribution in [3.05, 3.63) is 35.9 Å². The molecule has 19 heavy (non-hydrogen) atoms. The first-order valence-electron chi connectivity index (χ1n) is 5.89. The summed E-state index contributed by atoms with van der Waals surface area (Å²) in [5.74, 6) is -0.519. The average Bonchev–Trinajstić information content (AvgIpc) is 2.35. The lowest BCUT2D eigenvalue weighted by atomic mass is 10.0. The summed E-state index contributed by atoms with van der Waals surface area (Å²) in [5, 5.41) is 19.1. The topological polar surface area (TPSA) is 66.8 Å². The van der Waals surface area contributed by atoms with Gasteiger partial charge in [0.15, 0.2) is 0 Å². The molecular weight excluding hydrogens is 244 g/mol.